The monoisotopic (exact) mass is 461 g/mol. The van der Waals surface area contributed by atoms with E-state index in [1.54, 1.807) is 18.2 Å². The van der Waals surface area contributed by atoms with Crippen molar-refractivity contribution in [2.24, 2.45) is 17.0 Å². The molecule has 4 atom stereocenters. The van der Waals surface area contributed by atoms with Crippen LogP contribution in [0.4, 0.5) is 0 Å². The van der Waals surface area contributed by atoms with Gasteiger partial charge in [-0.15, -0.1) is 0 Å². The van der Waals surface area contributed by atoms with E-state index in [4.69, 9.17) is 40.1 Å². The Morgan fingerprint density at radius 2 is 1.66 bits per heavy atom. The van der Waals surface area contributed by atoms with Gasteiger partial charge in [0.15, 0.2) is 34.3 Å². The number of aliphatic carboxylic acids is 1. The van der Waals surface area contributed by atoms with Gasteiger partial charge in [0, 0.05) is 11.5 Å². The lowest BCUT2D eigenvalue weighted by Crippen LogP contribution is -2.39. The number of hydrogen-bond donors (Lipinski definition) is 1. The number of carbonyl (C=O) groups is 1. The minimum Gasteiger partial charge on any atom is -0.493 e. The third-order valence-electron chi connectivity index (χ3n) is 6.15. The number of hydrogen-bond acceptors (Lipinski definition) is 8. The minimum absolute atomic E-state index is 0.0850. The van der Waals surface area contributed by atoms with Crippen molar-refractivity contribution in [3.63, 3.8) is 0 Å². The Kier molecular flexibility index (Phi) is 4.93. The first kappa shape index (κ1) is 20.6. The van der Waals surface area contributed by atoms with Crippen LogP contribution < -0.4 is 23.7 Å². The maximum Gasteiger partial charge on any atom is 0.308 e. The molecule has 0 aromatic heterocycles. The number of rotatable bonds is 5. The fourth-order valence-electron chi connectivity index (χ4n) is 4.80. The lowest BCUT2D eigenvalue weighted by atomic mass is 9.65. The molecule has 5 rings (SSSR count). The number of benzene rings is 2. The first-order valence-corrected chi connectivity index (χ1v) is 10.2. The van der Waals surface area contributed by atoms with Gasteiger partial charge >= 0.3 is 5.97 Å². The zero-order valence-electron chi connectivity index (χ0n) is 17.5. The number of fused-ring (bicyclic) bond motifs is 4. The Hall–Kier alpha value is -3.33. The average molecular weight is 462 g/mol. The summed E-state index contributed by atoms with van der Waals surface area (Å²) >= 11 is 6.36. The maximum atomic E-state index is 12.6. The molecule has 0 saturated carbocycles. The van der Waals surface area contributed by atoms with Gasteiger partial charge < -0.3 is 33.6 Å². The van der Waals surface area contributed by atoms with Gasteiger partial charge in [0.25, 0.3) is 0 Å². The summed E-state index contributed by atoms with van der Waals surface area (Å²) in [4.78, 5) is 18.2. The summed E-state index contributed by atoms with van der Waals surface area (Å²) < 4.78 is 27.5. The molecule has 0 spiro atoms. The summed E-state index contributed by atoms with van der Waals surface area (Å²) in [5, 5.41) is 14.3. The number of halogens is 1. The van der Waals surface area contributed by atoms with Gasteiger partial charge in [-0.25, -0.2) is 0 Å². The Bertz CT molecular complexity index is 1110. The first-order chi connectivity index (χ1) is 15.5. The summed E-state index contributed by atoms with van der Waals surface area (Å²) in [6, 6.07) is 7.10. The Labute approximate surface area is 188 Å². The second kappa shape index (κ2) is 7.67. The average Bonchev–Trinajstić information content (AvgIpc) is 3.41. The summed E-state index contributed by atoms with van der Waals surface area (Å²) in [7, 11) is 4.52. The number of nitrogens with zero attached hydrogens (tertiary/aromatic N) is 1. The number of ether oxygens (including phenoxy) is 5. The van der Waals surface area contributed by atoms with Gasteiger partial charge in [-0.1, -0.05) is 16.8 Å². The van der Waals surface area contributed by atoms with E-state index in [1.165, 1.54) is 21.3 Å². The van der Waals surface area contributed by atoms with Gasteiger partial charge in [-0.05, 0) is 35.4 Å². The smallest absolute Gasteiger partial charge is 0.308 e. The summed E-state index contributed by atoms with van der Waals surface area (Å²) in [6.07, 6.45) is -0.647. The predicted octanol–water partition coefficient (Wildman–Crippen LogP) is 3.53. The molecule has 1 aliphatic carbocycles. The van der Waals surface area contributed by atoms with Crippen molar-refractivity contribution >= 4 is 22.7 Å². The van der Waals surface area contributed by atoms with Gasteiger partial charge in [0.1, 0.15) is 0 Å². The van der Waals surface area contributed by atoms with E-state index < -0.39 is 29.8 Å². The van der Waals surface area contributed by atoms with Crippen LogP contribution in [0.1, 0.15) is 28.7 Å². The molecule has 1 N–H and O–H groups in total. The van der Waals surface area contributed by atoms with E-state index in [9.17, 15) is 9.90 Å². The van der Waals surface area contributed by atoms with Crippen molar-refractivity contribution in [3.05, 3.63) is 41.0 Å². The zero-order chi connectivity index (χ0) is 22.6. The Balaban J connectivity index is 1.77. The molecule has 2 heterocycles. The third-order valence-corrected chi connectivity index (χ3v) is 6.47. The van der Waals surface area contributed by atoms with Crippen molar-refractivity contribution in [3.8, 4) is 28.7 Å². The largest absolute Gasteiger partial charge is 0.493 e. The summed E-state index contributed by atoms with van der Waals surface area (Å²) in [6.45, 7) is 0.0850. The molecule has 0 amide bonds. The van der Waals surface area contributed by atoms with Crippen LogP contribution in [0.3, 0.4) is 0 Å². The lowest BCUT2D eigenvalue weighted by molar-refractivity contribution is -0.145. The molecule has 9 nitrogen and oxygen atoms in total. The summed E-state index contributed by atoms with van der Waals surface area (Å²) in [5.74, 6) is -0.955. The van der Waals surface area contributed by atoms with E-state index in [0.717, 1.165) is 11.1 Å². The highest BCUT2D eigenvalue weighted by molar-refractivity contribution is 6.66. The van der Waals surface area contributed by atoms with Gasteiger partial charge in [-0.2, -0.15) is 0 Å². The highest BCUT2D eigenvalue weighted by Gasteiger charge is 2.53. The zero-order valence-corrected chi connectivity index (χ0v) is 18.2. The molecule has 3 aliphatic rings. The molecule has 2 aliphatic heterocycles. The lowest BCUT2D eigenvalue weighted by Gasteiger charge is -2.38. The molecule has 0 fully saturated rings. The predicted molar refractivity (Wildman–Crippen MR) is 112 cm³/mol. The molecule has 32 heavy (non-hydrogen) atoms. The Morgan fingerprint density at radius 1 is 1.03 bits per heavy atom. The van der Waals surface area contributed by atoms with Crippen molar-refractivity contribution in [1.29, 1.82) is 0 Å². The van der Waals surface area contributed by atoms with Crippen molar-refractivity contribution in [2.75, 3.05) is 28.1 Å². The van der Waals surface area contributed by atoms with Crippen molar-refractivity contribution in [1.82, 2.24) is 0 Å². The van der Waals surface area contributed by atoms with E-state index in [1.807, 2.05) is 6.07 Å². The van der Waals surface area contributed by atoms with Crippen LogP contribution in [0, 0.1) is 11.8 Å². The molecule has 2 aromatic carbocycles. The van der Waals surface area contributed by atoms with Crippen LogP contribution in [0.15, 0.2) is 29.4 Å². The molecule has 1 unspecified atom stereocenters. The van der Waals surface area contributed by atoms with Gasteiger partial charge in [-0.3, -0.25) is 4.79 Å². The molecule has 2 aromatic rings. The number of carboxylic acid groups (broad SMARTS) is 1. The van der Waals surface area contributed by atoms with Crippen molar-refractivity contribution in [2.45, 2.75) is 12.0 Å². The Morgan fingerprint density at radius 3 is 2.22 bits per heavy atom. The maximum absolute atomic E-state index is 12.6. The topological polar surface area (TPSA) is 105 Å². The van der Waals surface area contributed by atoms with Crippen LogP contribution in [-0.2, 0) is 9.63 Å². The van der Waals surface area contributed by atoms with Crippen molar-refractivity contribution < 1.29 is 38.4 Å². The third kappa shape index (κ3) is 2.91. The molecule has 10 heteroatoms. The quantitative estimate of drug-likeness (QED) is 0.721. The number of oxime groups is 1. The molecule has 0 saturated heterocycles. The van der Waals surface area contributed by atoms with E-state index in [0.29, 0.717) is 34.3 Å². The highest BCUT2D eigenvalue weighted by atomic mass is 35.5. The number of methoxy groups -OCH3 is 3. The van der Waals surface area contributed by atoms with Gasteiger partial charge in [0.2, 0.25) is 12.5 Å². The second-order valence-electron chi connectivity index (χ2n) is 7.60. The molecule has 0 bridgehead atoms. The molecular formula is C22H20ClNO8. The minimum atomic E-state index is -1.03. The van der Waals surface area contributed by atoms with Crippen LogP contribution >= 0.6 is 11.6 Å². The van der Waals surface area contributed by atoms with Gasteiger partial charge in [0.05, 0.1) is 33.2 Å². The fraction of sp³-hybridized carbons (Fsp3) is 0.364. The normalized spacial score (nSPS) is 24.7. The van der Waals surface area contributed by atoms with E-state index in [-0.39, 0.29) is 12.0 Å². The van der Waals surface area contributed by atoms with Crippen LogP contribution in [0.5, 0.6) is 28.7 Å². The molecule has 0 radical (unpaired) electrons. The van der Waals surface area contributed by atoms with E-state index in [2.05, 4.69) is 5.16 Å². The highest BCUT2D eigenvalue weighted by Crippen LogP contribution is 2.56. The van der Waals surface area contributed by atoms with E-state index >= 15 is 0 Å². The number of carboxylic acids is 1. The standard InChI is InChI=1S/C22H20ClNO8/c1-27-14-4-9(5-15(28-2)20(14)29-3)16-10-6-12-13(31-8-30-12)7-11(10)19-18(17(16)22(25)26)21(23)24-32-19/h4-7,16-19H,8H2,1-3H3,(H,25,26)/t16-,17?,18+,19-/m0/s1. The summed E-state index contributed by atoms with van der Waals surface area (Å²) in [5.41, 5.74) is 2.12. The molecule has 168 valence electrons. The van der Waals surface area contributed by atoms with Crippen LogP contribution in [0.2, 0.25) is 0 Å². The SMILES string of the molecule is COc1cc([C@H]2c3cc4c(cc3[C@@H]3ON=C(Cl)[C@@H]3C2C(=O)O)OCO4)cc(OC)c1OC. The molecular weight excluding hydrogens is 442 g/mol. The first-order valence-electron chi connectivity index (χ1n) is 9.83. The van der Waals surface area contributed by atoms with Crippen LogP contribution in [-0.4, -0.2) is 44.4 Å². The second-order valence-corrected chi connectivity index (χ2v) is 7.99. The van der Waals surface area contributed by atoms with Crippen LogP contribution in [0.25, 0.3) is 0 Å². The fourth-order valence-corrected chi connectivity index (χ4v) is 5.09.